The fourth-order valence-electron chi connectivity index (χ4n) is 2.73. The first-order valence-corrected chi connectivity index (χ1v) is 9.22. The van der Waals surface area contributed by atoms with Crippen molar-refractivity contribution >= 4 is 16.0 Å². The van der Waals surface area contributed by atoms with Crippen molar-refractivity contribution in [2.24, 2.45) is 7.05 Å². The number of nitrogens with one attached hydrogen (secondary N) is 1. The van der Waals surface area contributed by atoms with E-state index in [0.29, 0.717) is 17.9 Å². The van der Waals surface area contributed by atoms with Crippen molar-refractivity contribution in [1.29, 1.82) is 0 Å². The molecule has 0 amide bonds. The number of benzene rings is 1. The molecule has 3 aromatic rings. The monoisotopic (exact) mass is 360 g/mol. The third-order valence-electron chi connectivity index (χ3n) is 3.90. The van der Waals surface area contributed by atoms with E-state index in [9.17, 15) is 8.42 Å². The van der Waals surface area contributed by atoms with Crippen LogP contribution >= 0.6 is 0 Å². The van der Waals surface area contributed by atoms with E-state index in [-0.39, 0.29) is 10.8 Å². The summed E-state index contributed by atoms with van der Waals surface area (Å²) in [5, 5.41) is 8.34. The van der Waals surface area contributed by atoms with Crippen molar-refractivity contribution in [3.05, 3.63) is 53.1 Å². The minimum absolute atomic E-state index is 0.0373. The number of hydrogen-bond donors (Lipinski definition) is 1. The molecule has 2 aromatic heterocycles. The van der Waals surface area contributed by atoms with Crippen LogP contribution in [0.25, 0.3) is 0 Å². The zero-order chi connectivity index (χ0) is 18.2. The molecule has 0 aliphatic heterocycles. The molecule has 0 saturated heterocycles. The highest BCUT2D eigenvalue weighted by Gasteiger charge is 2.25. The van der Waals surface area contributed by atoms with E-state index in [1.165, 1.54) is 11.0 Å². The highest BCUT2D eigenvalue weighted by molar-refractivity contribution is 7.92. The molecule has 0 spiro atoms. The first-order chi connectivity index (χ1) is 11.8. The maximum Gasteiger partial charge on any atom is 0.267 e. The second-order valence-electron chi connectivity index (χ2n) is 5.98. The molecule has 132 valence electrons. The van der Waals surface area contributed by atoms with Crippen molar-refractivity contribution in [2.45, 2.75) is 32.2 Å². The molecule has 9 heteroatoms. The van der Waals surface area contributed by atoms with Crippen LogP contribution in [0.2, 0.25) is 0 Å². The second-order valence-corrected chi connectivity index (χ2v) is 7.60. The van der Waals surface area contributed by atoms with E-state index in [0.717, 1.165) is 11.1 Å². The van der Waals surface area contributed by atoms with Gasteiger partial charge in [-0.3, -0.25) is 4.68 Å². The Morgan fingerprint density at radius 2 is 1.92 bits per heavy atom. The fourth-order valence-corrected chi connectivity index (χ4v) is 4.12. The predicted molar refractivity (Wildman–Crippen MR) is 93.8 cm³/mol. The summed E-state index contributed by atoms with van der Waals surface area (Å²) in [4.78, 5) is 4.20. The lowest BCUT2D eigenvalue weighted by Crippen LogP contribution is -2.16. The molecule has 8 nitrogen and oxygen atoms in total. The molecule has 0 unspecified atom stereocenters. The second kappa shape index (κ2) is 6.32. The first kappa shape index (κ1) is 17.2. The number of rotatable bonds is 5. The van der Waals surface area contributed by atoms with Gasteiger partial charge in [0.2, 0.25) is 0 Å². The summed E-state index contributed by atoms with van der Waals surface area (Å²) in [5.74, 6) is 0.0373. The largest absolute Gasteiger partial charge is 0.271 e. The van der Waals surface area contributed by atoms with Crippen LogP contribution in [0.5, 0.6) is 0 Å². The van der Waals surface area contributed by atoms with Crippen LogP contribution in [-0.4, -0.2) is 33.0 Å². The van der Waals surface area contributed by atoms with E-state index in [1.54, 1.807) is 25.6 Å². The zero-order valence-electron chi connectivity index (χ0n) is 14.6. The average molecular weight is 360 g/mol. The standard InChI is InChI=1S/C16H20N6O2S/c1-11-6-5-7-14(8-11)9-22-10-17-16(19-22)20-25(23,24)15-12(2)18-21(4)13(15)3/h5-8,10H,9H2,1-4H3,(H,19,20). The van der Waals surface area contributed by atoms with Gasteiger partial charge in [-0.15, -0.1) is 5.10 Å². The molecule has 0 atom stereocenters. The Hall–Kier alpha value is -2.68. The normalized spacial score (nSPS) is 11.7. The molecule has 0 aliphatic rings. The highest BCUT2D eigenvalue weighted by Crippen LogP contribution is 2.20. The summed E-state index contributed by atoms with van der Waals surface area (Å²) >= 11 is 0. The van der Waals surface area contributed by atoms with Gasteiger partial charge in [0.05, 0.1) is 17.9 Å². The number of aryl methyl sites for hydroxylation is 3. The van der Waals surface area contributed by atoms with Gasteiger partial charge in [-0.05, 0) is 26.3 Å². The van der Waals surface area contributed by atoms with Gasteiger partial charge in [0.15, 0.2) is 0 Å². The lowest BCUT2D eigenvalue weighted by atomic mass is 10.1. The lowest BCUT2D eigenvalue weighted by Gasteiger charge is -2.05. The van der Waals surface area contributed by atoms with Gasteiger partial charge in [0, 0.05) is 7.05 Å². The van der Waals surface area contributed by atoms with Gasteiger partial charge in [-0.2, -0.15) is 10.1 Å². The smallest absolute Gasteiger partial charge is 0.267 e. The molecule has 0 fully saturated rings. The Balaban J connectivity index is 1.81. The quantitative estimate of drug-likeness (QED) is 0.748. The van der Waals surface area contributed by atoms with E-state index in [4.69, 9.17) is 0 Å². The van der Waals surface area contributed by atoms with Crippen molar-refractivity contribution < 1.29 is 8.42 Å². The molecule has 3 rings (SSSR count). The molecule has 1 N–H and O–H groups in total. The van der Waals surface area contributed by atoms with Crippen LogP contribution in [-0.2, 0) is 23.6 Å². The van der Waals surface area contributed by atoms with E-state index in [1.807, 2.05) is 31.2 Å². The Labute approximate surface area is 146 Å². The number of aromatic nitrogens is 5. The molecule has 25 heavy (non-hydrogen) atoms. The Morgan fingerprint density at radius 1 is 1.16 bits per heavy atom. The first-order valence-electron chi connectivity index (χ1n) is 7.74. The molecule has 0 radical (unpaired) electrons. The summed E-state index contributed by atoms with van der Waals surface area (Å²) in [6.07, 6.45) is 1.50. The van der Waals surface area contributed by atoms with Crippen LogP contribution in [0.1, 0.15) is 22.5 Å². The minimum atomic E-state index is -3.79. The minimum Gasteiger partial charge on any atom is -0.271 e. The highest BCUT2D eigenvalue weighted by atomic mass is 32.2. The number of sulfonamides is 1. The molecule has 0 bridgehead atoms. The molecule has 2 heterocycles. The number of nitrogens with zero attached hydrogens (tertiary/aromatic N) is 5. The van der Waals surface area contributed by atoms with E-state index in [2.05, 4.69) is 19.9 Å². The Morgan fingerprint density at radius 3 is 2.56 bits per heavy atom. The Bertz CT molecular complexity index is 1020. The molecule has 0 saturated carbocycles. The lowest BCUT2D eigenvalue weighted by molar-refractivity contribution is 0.599. The van der Waals surface area contributed by atoms with Gasteiger partial charge in [0.1, 0.15) is 11.2 Å². The summed E-state index contributed by atoms with van der Waals surface area (Å²) in [7, 11) is -2.09. The third-order valence-corrected chi connectivity index (χ3v) is 5.48. The van der Waals surface area contributed by atoms with Gasteiger partial charge in [0.25, 0.3) is 16.0 Å². The maximum atomic E-state index is 12.6. The number of hydrogen-bond acceptors (Lipinski definition) is 5. The molecular weight excluding hydrogens is 340 g/mol. The molecule has 0 aliphatic carbocycles. The van der Waals surface area contributed by atoms with E-state index < -0.39 is 10.0 Å². The van der Waals surface area contributed by atoms with Crippen LogP contribution in [0.15, 0.2) is 35.5 Å². The third kappa shape index (κ3) is 3.55. The number of anilines is 1. The van der Waals surface area contributed by atoms with E-state index >= 15 is 0 Å². The van der Waals surface area contributed by atoms with Crippen LogP contribution < -0.4 is 4.72 Å². The van der Waals surface area contributed by atoms with Crippen LogP contribution in [0.3, 0.4) is 0 Å². The molecule has 1 aromatic carbocycles. The summed E-state index contributed by atoms with van der Waals surface area (Å²) in [6, 6.07) is 8.02. The van der Waals surface area contributed by atoms with Crippen molar-refractivity contribution in [3.63, 3.8) is 0 Å². The van der Waals surface area contributed by atoms with Crippen LogP contribution in [0, 0.1) is 20.8 Å². The summed E-state index contributed by atoms with van der Waals surface area (Å²) in [6.45, 7) is 5.90. The van der Waals surface area contributed by atoms with Gasteiger partial charge < -0.3 is 0 Å². The van der Waals surface area contributed by atoms with Gasteiger partial charge in [-0.25, -0.2) is 17.8 Å². The molecular formula is C16H20N6O2S. The van der Waals surface area contributed by atoms with Crippen molar-refractivity contribution in [2.75, 3.05) is 4.72 Å². The topological polar surface area (TPSA) is 94.7 Å². The summed E-state index contributed by atoms with van der Waals surface area (Å²) < 4.78 is 30.8. The average Bonchev–Trinajstić information content (AvgIpc) is 3.03. The fraction of sp³-hybridized carbons (Fsp3) is 0.312. The maximum absolute atomic E-state index is 12.6. The van der Waals surface area contributed by atoms with Gasteiger partial charge in [-0.1, -0.05) is 29.8 Å². The zero-order valence-corrected chi connectivity index (χ0v) is 15.4. The summed E-state index contributed by atoms with van der Waals surface area (Å²) in [5.41, 5.74) is 3.22. The Kier molecular flexibility index (Phi) is 4.34. The predicted octanol–water partition coefficient (Wildman–Crippen LogP) is 1.79. The van der Waals surface area contributed by atoms with Crippen LogP contribution in [0.4, 0.5) is 5.95 Å². The van der Waals surface area contributed by atoms with Crippen molar-refractivity contribution in [3.8, 4) is 0 Å². The SMILES string of the molecule is Cc1cccc(Cn2cnc(NS(=O)(=O)c3c(C)nn(C)c3C)n2)c1. The van der Waals surface area contributed by atoms with Crippen molar-refractivity contribution in [1.82, 2.24) is 24.5 Å². The van der Waals surface area contributed by atoms with Gasteiger partial charge >= 0.3 is 0 Å².